The largest absolute Gasteiger partial charge is 0.481 e. The van der Waals surface area contributed by atoms with Crippen LogP contribution in [-0.4, -0.2) is 22.6 Å². The van der Waals surface area contributed by atoms with Crippen LogP contribution in [0.4, 0.5) is 0 Å². The molecule has 0 radical (unpaired) electrons. The summed E-state index contributed by atoms with van der Waals surface area (Å²) in [6, 6.07) is 0. The molecule has 0 fully saturated rings. The highest BCUT2D eigenvalue weighted by Gasteiger charge is 2.29. The number of esters is 1. The monoisotopic (exact) mass is 242 g/mol. The minimum absolute atomic E-state index is 0.0956. The summed E-state index contributed by atoms with van der Waals surface area (Å²) < 4.78 is 5.12. The van der Waals surface area contributed by atoms with Crippen LogP contribution in [0.1, 0.15) is 40.5 Å². The summed E-state index contributed by atoms with van der Waals surface area (Å²) in [5, 5.41) is 9.08. The average Bonchev–Trinajstić information content (AvgIpc) is 2.11. The topological polar surface area (TPSA) is 63.6 Å². The number of carbonyl (C=O) groups is 2. The zero-order chi connectivity index (χ0) is 13.6. The molecule has 98 valence electrons. The number of hydrogen-bond donors (Lipinski definition) is 1. The number of allylic oxidation sites excluding steroid dienone is 1. The summed E-state index contributed by atoms with van der Waals surface area (Å²) in [6.07, 6.45) is 2.14. The smallest absolute Gasteiger partial charge is 0.307 e. The van der Waals surface area contributed by atoms with E-state index in [1.165, 1.54) is 0 Å². The maximum Gasteiger partial charge on any atom is 0.307 e. The van der Waals surface area contributed by atoms with Crippen molar-refractivity contribution in [2.24, 2.45) is 11.8 Å². The third-order valence-electron chi connectivity index (χ3n) is 2.35. The van der Waals surface area contributed by atoms with Crippen molar-refractivity contribution in [2.45, 2.75) is 46.1 Å². The minimum Gasteiger partial charge on any atom is -0.481 e. The first kappa shape index (κ1) is 15.7. The van der Waals surface area contributed by atoms with E-state index in [0.717, 1.165) is 0 Å². The van der Waals surface area contributed by atoms with Crippen LogP contribution in [0, 0.1) is 11.8 Å². The quantitative estimate of drug-likeness (QED) is 0.574. The Morgan fingerprint density at radius 3 is 2.29 bits per heavy atom. The Morgan fingerprint density at radius 1 is 1.41 bits per heavy atom. The molecule has 1 N–H and O–H groups in total. The zero-order valence-electron chi connectivity index (χ0n) is 11.0. The minimum atomic E-state index is -0.967. The van der Waals surface area contributed by atoms with Crippen LogP contribution in [0.15, 0.2) is 12.7 Å². The van der Waals surface area contributed by atoms with Crippen LogP contribution in [0.25, 0.3) is 0 Å². The van der Waals surface area contributed by atoms with Gasteiger partial charge in [-0.15, -0.1) is 6.58 Å². The van der Waals surface area contributed by atoms with E-state index in [1.807, 2.05) is 0 Å². The van der Waals surface area contributed by atoms with Gasteiger partial charge in [0, 0.05) is 0 Å². The fourth-order valence-corrected chi connectivity index (χ4v) is 1.52. The van der Waals surface area contributed by atoms with Gasteiger partial charge in [-0.1, -0.05) is 13.0 Å². The Labute approximate surface area is 103 Å². The van der Waals surface area contributed by atoms with Gasteiger partial charge < -0.3 is 9.84 Å². The lowest BCUT2D eigenvalue weighted by Gasteiger charge is -2.23. The van der Waals surface area contributed by atoms with E-state index >= 15 is 0 Å². The van der Waals surface area contributed by atoms with E-state index in [0.29, 0.717) is 6.42 Å². The van der Waals surface area contributed by atoms with Crippen molar-refractivity contribution in [3.05, 3.63) is 12.7 Å². The van der Waals surface area contributed by atoms with Crippen molar-refractivity contribution >= 4 is 11.9 Å². The molecule has 0 aromatic heterocycles. The van der Waals surface area contributed by atoms with Gasteiger partial charge in [0.15, 0.2) is 0 Å². The molecule has 0 rings (SSSR count). The molecular formula is C13H22O4. The predicted molar refractivity (Wildman–Crippen MR) is 65.6 cm³/mol. The summed E-state index contributed by atoms with van der Waals surface area (Å²) in [4.78, 5) is 22.6. The highest BCUT2D eigenvalue weighted by molar-refractivity contribution is 5.79. The molecule has 0 saturated heterocycles. The maximum atomic E-state index is 11.6. The van der Waals surface area contributed by atoms with E-state index < -0.39 is 23.5 Å². The molecule has 0 heterocycles. The van der Waals surface area contributed by atoms with Crippen molar-refractivity contribution < 1.29 is 19.4 Å². The van der Waals surface area contributed by atoms with E-state index in [2.05, 4.69) is 6.58 Å². The second-order valence-electron chi connectivity index (χ2n) is 5.24. The Hall–Kier alpha value is -1.32. The average molecular weight is 242 g/mol. The first-order valence-electron chi connectivity index (χ1n) is 5.73. The molecule has 0 aliphatic heterocycles. The van der Waals surface area contributed by atoms with Crippen molar-refractivity contribution in [3.63, 3.8) is 0 Å². The molecule has 17 heavy (non-hydrogen) atoms. The van der Waals surface area contributed by atoms with Crippen LogP contribution >= 0.6 is 0 Å². The fourth-order valence-electron chi connectivity index (χ4n) is 1.52. The van der Waals surface area contributed by atoms with Gasteiger partial charge in [0.05, 0.1) is 12.3 Å². The molecule has 4 heteroatoms. The first-order chi connectivity index (χ1) is 7.67. The van der Waals surface area contributed by atoms with Gasteiger partial charge in [-0.3, -0.25) is 9.59 Å². The maximum absolute atomic E-state index is 11.6. The predicted octanol–water partition coefficient (Wildman–Crippen LogP) is 2.63. The number of ether oxygens (including phenoxy) is 1. The second kappa shape index (κ2) is 6.42. The van der Waals surface area contributed by atoms with E-state index in [4.69, 9.17) is 9.84 Å². The van der Waals surface area contributed by atoms with Crippen molar-refractivity contribution in [3.8, 4) is 0 Å². The lowest BCUT2D eigenvalue weighted by Crippen LogP contribution is -2.29. The van der Waals surface area contributed by atoms with E-state index in [9.17, 15) is 9.59 Å². The van der Waals surface area contributed by atoms with Crippen LogP contribution < -0.4 is 0 Å². The molecule has 2 unspecified atom stereocenters. The van der Waals surface area contributed by atoms with E-state index in [1.54, 1.807) is 33.8 Å². The van der Waals surface area contributed by atoms with Crippen molar-refractivity contribution in [2.75, 3.05) is 0 Å². The first-order valence-corrected chi connectivity index (χ1v) is 5.73. The Bertz CT molecular complexity index is 288. The third kappa shape index (κ3) is 6.76. The number of rotatable bonds is 6. The molecule has 0 aromatic rings. The second-order valence-corrected chi connectivity index (χ2v) is 5.24. The lowest BCUT2D eigenvalue weighted by atomic mass is 9.88. The normalized spacial score (nSPS) is 14.8. The van der Waals surface area contributed by atoms with Crippen LogP contribution in [-0.2, 0) is 14.3 Å². The number of aliphatic carboxylic acids is 1. The summed E-state index contributed by atoms with van der Waals surface area (Å²) in [7, 11) is 0. The van der Waals surface area contributed by atoms with Gasteiger partial charge in [0.1, 0.15) is 5.60 Å². The molecule has 0 bridgehead atoms. The molecule has 0 amide bonds. The van der Waals surface area contributed by atoms with Gasteiger partial charge in [-0.25, -0.2) is 0 Å². The summed E-state index contributed by atoms with van der Waals surface area (Å²) in [5.41, 5.74) is -0.582. The Kier molecular flexibility index (Phi) is 5.93. The highest BCUT2D eigenvalue weighted by atomic mass is 16.6. The number of carboxylic acid groups (broad SMARTS) is 1. The molecule has 2 atom stereocenters. The molecular weight excluding hydrogens is 220 g/mol. The molecule has 0 aromatic carbocycles. The van der Waals surface area contributed by atoms with Gasteiger partial charge in [0.25, 0.3) is 0 Å². The summed E-state index contributed by atoms with van der Waals surface area (Å²) >= 11 is 0. The number of carboxylic acids is 1. The summed E-state index contributed by atoms with van der Waals surface area (Å²) in [6.45, 7) is 10.6. The molecule has 0 spiro atoms. The number of carbonyl (C=O) groups excluding carboxylic acids is 1. The SMILES string of the molecule is C=CCC(C)C(CC(=O)OC(C)(C)C)C(=O)O. The molecule has 4 nitrogen and oxygen atoms in total. The van der Waals surface area contributed by atoms with Gasteiger partial charge >= 0.3 is 11.9 Å². The Morgan fingerprint density at radius 2 is 1.94 bits per heavy atom. The summed E-state index contributed by atoms with van der Waals surface area (Å²) in [5.74, 6) is -2.29. The zero-order valence-corrected chi connectivity index (χ0v) is 11.0. The van der Waals surface area contributed by atoms with Gasteiger partial charge in [-0.2, -0.15) is 0 Å². The van der Waals surface area contributed by atoms with E-state index in [-0.39, 0.29) is 12.3 Å². The van der Waals surface area contributed by atoms with Crippen molar-refractivity contribution in [1.29, 1.82) is 0 Å². The standard InChI is InChI=1S/C13H22O4/c1-6-7-9(2)10(12(15)16)8-11(14)17-13(3,4)5/h6,9-10H,1,7-8H2,2-5H3,(H,15,16). The third-order valence-corrected chi connectivity index (χ3v) is 2.35. The highest BCUT2D eigenvalue weighted by Crippen LogP contribution is 2.22. The van der Waals surface area contributed by atoms with Crippen LogP contribution in [0.5, 0.6) is 0 Å². The Balaban J connectivity index is 4.50. The van der Waals surface area contributed by atoms with Gasteiger partial charge in [-0.05, 0) is 33.1 Å². The van der Waals surface area contributed by atoms with Crippen LogP contribution in [0.3, 0.4) is 0 Å². The fraction of sp³-hybridized carbons (Fsp3) is 0.692. The van der Waals surface area contributed by atoms with Crippen molar-refractivity contribution in [1.82, 2.24) is 0 Å². The molecule has 0 saturated carbocycles. The lowest BCUT2D eigenvalue weighted by molar-refractivity contribution is -0.160. The molecule has 0 aliphatic carbocycles. The molecule has 0 aliphatic rings. The number of hydrogen-bond acceptors (Lipinski definition) is 3. The van der Waals surface area contributed by atoms with Gasteiger partial charge in [0.2, 0.25) is 0 Å². The van der Waals surface area contributed by atoms with Crippen LogP contribution in [0.2, 0.25) is 0 Å².